The Bertz CT molecular complexity index is 766. The molecule has 6 heteroatoms. The topological polar surface area (TPSA) is 88.6 Å². The number of nitrogens with zero attached hydrogens (tertiary/aromatic N) is 2. The first kappa shape index (κ1) is 16.0. The van der Waals surface area contributed by atoms with Crippen LogP contribution >= 0.6 is 0 Å². The minimum atomic E-state index is 0.183. The van der Waals surface area contributed by atoms with Gasteiger partial charge in [0.1, 0.15) is 11.5 Å². The molecule has 0 amide bonds. The molecule has 0 bridgehead atoms. The maximum absolute atomic E-state index is 9.31. The summed E-state index contributed by atoms with van der Waals surface area (Å²) in [6.45, 7) is 0.758. The first-order chi connectivity index (χ1) is 11.8. The number of phenolic OH excluding ortho intramolecular Hbond substituents is 1. The summed E-state index contributed by atoms with van der Waals surface area (Å²) in [5, 5.41) is 26.1. The summed E-state index contributed by atoms with van der Waals surface area (Å²) < 4.78 is 11.3. The molecule has 3 aromatic rings. The molecule has 0 atom stereocenters. The Labute approximate surface area is 139 Å². The second-order valence-electron chi connectivity index (χ2n) is 5.26. The third-order valence-electron chi connectivity index (χ3n) is 3.46. The molecule has 0 spiro atoms. The second kappa shape index (κ2) is 7.61. The minimum Gasteiger partial charge on any atom is -0.508 e. The van der Waals surface area contributed by atoms with E-state index in [0.29, 0.717) is 18.4 Å². The van der Waals surface area contributed by atoms with Gasteiger partial charge in [0.15, 0.2) is 0 Å². The molecule has 3 rings (SSSR count). The Morgan fingerprint density at radius 1 is 0.833 bits per heavy atom. The fourth-order valence-corrected chi connectivity index (χ4v) is 2.16. The molecule has 2 aromatic carbocycles. The minimum absolute atomic E-state index is 0.183. The Kier molecular flexibility index (Phi) is 5.08. The van der Waals surface area contributed by atoms with Gasteiger partial charge in [-0.25, -0.2) is 0 Å². The normalized spacial score (nSPS) is 10.7. The molecule has 24 heavy (non-hydrogen) atoms. The highest BCUT2D eigenvalue weighted by Crippen LogP contribution is 2.26. The fraction of sp³-hybridized carbons (Fsp3) is 0.222. The van der Waals surface area contributed by atoms with Crippen molar-refractivity contribution in [2.24, 2.45) is 0 Å². The summed E-state index contributed by atoms with van der Waals surface area (Å²) in [6, 6.07) is 14.0. The lowest BCUT2D eigenvalue weighted by Gasteiger charge is -2.05. The van der Waals surface area contributed by atoms with Gasteiger partial charge in [0, 0.05) is 17.7 Å². The number of aliphatic hydroxyl groups is 1. The van der Waals surface area contributed by atoms with Crippen LogP contribution in [0.2, 0.25) is 0 Å². The van der Waals surface area contributed by atoms with Crippen molar-refractivity contribution in [3.8, 4) is 34.4 Å². The van der Waals surface area contributed by atoms with E-state index in [1.807, 2.05) is 24.3 Å². The number of ether oxygens (including phenoxy) is 1. The van der Waals surface area contributed by atoms with Gasteiger partial charge in [-0.2, -0.15) is 0 Å². The highest BCUT2D eigenvalue weighted by molar-refractivity contribution is 5.59. The van der Waals surface area contributed by atoms with Gasteiger partial charge < -0.3 is 19.4 Å². The molecule has 2 N–H and O–H groups in total. The summed E-state index contributed by atoms with van der Waals surface area (Å²) in [7, 11) is 0. The van der Waals surface area contributed by atoms with Crippen molar-refractivity contribution in [2.75, 3.05) is 13.2 Å². The van der Waals surface area contributed by atoms with Crippen molar-refractivity contribution in [3.63, 3.8) is 0 Å². The molecule has 0 fully saturated rings. The Balaban J connectivity index is 1.67. The lowest BCUT2D eigenvalue weighted by atomic mass is 10.2. The molecule has 1 aromatic heterocycles. The van der Waals surface area contributed by atoms with E-state index in [4.69, 9.17) is 14.3 Å². The molecular weight excluding hydrogens is 308 g/mol. The standard InChI is InChI=1S/C18H18N2O4/c21-11-1-2-12-23-16-9-5-14(6-10-16)18-20-19-17(24-18)13-3-7-15(22)8-4-13/h3-10,21-22H,1-2,11-12H2. The number of hydrogen-bond donors (Lipinski definition) is 2. The van der Waals surface area contributed by atoms with Gasteiger partial charge in [-0.1, -0.05) is 0 Å². The molecule has 6 nitrogen and oxygen atoms in total. The summed E-state index contributed by atoms with van der Waals surface area (Å²) >= 11 is 0. The van der Waals surface area contributed by atoms with Crippen LogP contribution in [0.25, 0.3) is 22.9 Å². The number of hydrogen-bond acceptors (Lipinski definition) is 6. The van der Waals surface area contributed by atoms with Crippen LogP contribution in [0.5, 0.6) is 11.5 Å². The first-order valence-corrected chi connectivity index (χ1v) is 7.73. The van der Waals surface area contributed by atoms with E-state index in [-0.39, 0.29) is 12.4 Å². The van der Waals surface area contributed by atoms with Crippen molar-refractivity contribution in [1.82, 2.24) is 10.2 Å². The zero-order valence-electron chi connectivity index (χ0n) is 13.1. The molecule has 0 aliphatic rings. The number of aromatic hydroxyl groups is 1. The molecule has 0 radical (unpaired) electrons. The van der Waals surface area contributed by atoms with Crippen LogP contribution in [0.1, 0.15) is 12.8 Å². The van der Waals surface area contributed by atoms with Crippen molar-refractivity contribution < 1.29 is 19.4 Å². The monoisotopic (exact) mass is 326 g/mol. The summed E-state index contributed by atoms with van der Waals surface area (Å²) in [4.78, 5) is 0. The Morgan fingerprint density at radius 2 is 1.42 bits per heavy atom. The Morgan fingerprint density at radius 3 is 2.00 bits per heavy atom. The zero-order chi connectivity index (χ0) is 16.8. The number of phenols is 1. The van der Waals surface area contributed by atoms with Gasteiger partial charge >= 0.3 is 0 Å². The van der Waals surface area contributed by atoms with E-state index < -0.39 is 0 Å². The van der Waals surface area contributed by atoms with Gasteiger partial charge in [0.05, 0.1) is 6.61 Å². The lowest BCUT2D eigenvalue weighted by Crippen LogP contribution is -1.98. The van der Waals surface area contributed by atoms with Crippen LogP contribution in [0.3, 0.4) is 0 Å². The van der Waals surface area contributed by atoms with Gasteiger partial charge in [-0.15, -0.1) is 10.2 Å². The van der Waals surface area contributed by atoms with Crippen LogP contribution < -0.4 is 4.74 Å². The number of unbranched alkanes of at least 4 members (excludes halogenated alkanes) is 1. The number of aromatic nitrogens is 2. The smallest absolute Gasteiger partial charge is 0.248 e. The lowest BCUT2D eigenvalue weighted by molar-refractivity contribution is 0.253. The van der Waals surface area contributed by atoms with Crippen LogP contribution in [0.4, 0.5) is 0 Å². The Hall–Kier alpha value is -2.86. The van der Waals surface area contributed by atoms with Crippen LogP contribution in [0.15, 0.2) is 52.9 Å². The second-order valence-corrected chi connectivity index (χ2v) is 5.26. The average molecular weight is 326 g/mol. The van der Waals surface area contributed by atoms with Crippen LogP contribution in [0, 0.1) is 0 Å². The van der Waals surface area contributed by atoms with E-state index in [9.17, 15) is 5.11 Å². The third kappa shape index (κ3) is 3.91. The number of rotatable bonds is 7. The molecule has 0 saturated heterocycles. The van der Waals surface area contributed by atoms with Gasteiger partial charge in [0.25, 0.3) is 0 Å². The van der Waals surface area contributed by atoms with Gasteiger partial charge in [-0.3, -0.25) is 0 Å². The van der Waals surface area contributed by atoms with E-state index in [1.165, 1.54) is 0 Å². The van der Waals surface area contributed by atoms with E-state index in [1.54, 1.807) is 24.3 Å². The predicted molar refractivity (Wildman–Crippen MR) is 88.6 cm³/mol. The molecule has 124 valence electrons. The first-order valence-electron chi connectivity index (χ1n) is 7.73. The van der Waals surface area contributed by atoms with Crippen LogP contribution in [-0.2, 0) is 0 Å². The van der Waals surface area contributed by atoms with Gasteiger partial charge in [0.2, 0.25) is 11.8 Å². The maximum Gasteiger partial charge on any atom is 0.248 e. The summed E-state index contributed by atoms with van der Waals surface area (Å²) in [5.41, 5.74) is 1.55. The maximum atomic E-state index is 9.31. The molecule has 0 unspecified atom stereocenters. The van der Waals surface area contributed by atoms with Crippen molar-refractivity contribution in [2.45, 2.75) is 12.8 Å². The molecular formula is C18H18N2O4. The summed E-state index contributed by atoms with van der Waals surface area (Å²) in [6.07, 6.45) is 1.55. The van der Waals surface area contributed by atoms with Gasteiger partial charge in [-0.05, 0) is 61.4 Å². The molecule has 1 heterocycles. The quantitative estimate of drug-likeness (QED) is 0.648. The van der Waals surface area contributed by atoms with E-state index in [0.717, 1.165) is 29.7 Å². The highest BCUT2D eigenvalue weighted by Gasteiger charge is 2.10. The van der Waals surface area contributed by atoms with Crippen molar-refractivity contribution >= 4 is 0 Å². The van der Waals surface area contributed by atoms with E-state index >= 15 is 0 Å². The SMILES string of the molecule is OCCCCOc1ccc(-c2nnc(-c3ccc(O)cc3)o2)cc1. The zero-order valence-corrected chi connectivity index (χ0v) is 13.1. The third-order valence-corrected chi connectivity index (χ3v) is 3.46. The largest absolute Gasteiger partial charge is 0.508 e. The van der Waals surface area contributed by atoms with Crippen molar-refractivity contribution in [1.29, 1.82) is 0 Å². The molecule has 0 aliphatic carbocycles. The number of aliphatic hydroxyl groups excluding tert-OH is 1. The summed E-state index contributed by atoms with van der Waals surface area (Å²) in [5.74, 6) is 1.77. The van der Waals surface area contributed by atoms with Crippen LogP contribution in [-0.4, -0.2) is 33.6 Å². The number of benzene rings is 2. The fourth-order valence-electron chi connectivity index (χ4n) is 2.16. The molecule has 0 aliphatic heterocycles. The predicted octanol–water partition coefficient (Wildman–Crippen LogP) is 3.26. The van der Waals surface area contributed by atoms with E-state index in [2.05, 4.69) is 10.2 Å². The van der Waals surface area contributed by atoms with Crippen molar-refractivity contribution in [3.05, 3.63) is 48.5 Å². The molecule has 0 saturated carbocycles. The highest BCUT2D eigenvalue weighted by atomic mass is 16.5. The average Bonchev–Trinajstić information content (AvgIpc) is 3.10.